The van der Waals surface area contributed by atoms with Crippen molar-refractivity contribution in [2.75, 3.05) is 37.0 Å². The summed E-state index contributed by atoms with van der Waals surface area (Å²) < 4.78 is 11.2. The molecule has 0 saturated carbocycles. The number of nitrogens with zero attached hydrogens (tertiary/aromatic N) is 5. The predicted molar refractivity (Wildman–Crippen MR) is 125 cm³/mol. The van der Waals surface area contributed by atoms with Crippen molar-refractivity contribution < 1.29 is 23.9 Å². The number of nitrogens with one attached hydrogen (secondary N) is 1. The van der Waals surface area contributed by atoms with Crippen molar-refractivity contribution in [3.63, 3.8) is 0 Å². The van der Waals surface area contributed by atoms with Crippen molar-refractivity contribution in [1.82, 2.24) is 14.9 Å². The predicted octanol–water partition coefficient (Wildman–Crippen LogP) is 2.29. The lowest BCUT2D eigenvalue weighted by Crippen LogP contribution is -2.40. The van der Waals surface area contributed by atoms with Crippen LogP contribution in [0.15, 0.2) is 18.3 Å². The maximum Gasteiger partial charge on any atom is 0.328 e. The molecule has 11 nitrogen and oxygen atoms in total. The molecule has 1 N–H and O–H groups in total. The van der Waals surface area contributed by atoms with E-state index in [-0.39, 0.29) is 35.6 Å². The van der Waals surface area contributed by atoms with Gasteiger partial charge in [0, 0.05) is 45.1 Å². The van der Waals surface area contributed by atoms with Gasteiger partial charge in [0.25, 0.3) is 0 Å². The van der Waals surface area contributed by atoms with E-state index < -0.39 is 6.03 Å². The third-order valence-corrected chi connectivity index (χ3v) is 5.98. The molecule has 182 valence electrons. The molecule has 4 heterocycles. The van der Waals surface area contributed by atoms with Gasteiger partial charge in [-0.25, -0.2) is 14.8 Å². The molecule has 35 heavy (non-hydrogen) atoms. The summed E-state index contributed by atoms with van der Waals surface area (Å²) in [5.74, 6) is 0.830. The van der Waals surface area contributed by atoms with E-state index in [1.54, 1.807) is 7.05 Å². The average molecular weight is 479 g/mol. The maximum absolute atomic E-state index is 13.2. The Balaban J connectivity index is 1.56. The van der Waals surface area contributed by atoms with Crippen LogP contribution < -0.4 is 15.0 Å². The summed E-state index contributed by atoms with van der Waals surface area (Å²) in [6.45, 7) is 3.15. The van der Waals surface area contributed by atoms with E-state index in [0.717, 1.165) is 5.56 Å². The molecule has 1 saturated heterocycles. The number of carbonyl (C=O) groups excluding carboxylic acids is 3. The second-order valence-corrected chi connectivity index (χ2v) is 8.47. The topological polar surface area (TPSA) is 138 Å². The number of aromatic nitrogens is 2. The first-order valence-electron chi connectivity index (χ1n) is 11.3. The van der Waals surface area contributed by atoms with Crippen molar-refractivity contribution in [2.45, 2.75) is 38.8 Å². The van der Waals surface area contributed by atoms with Gasteiger partial charge in [-0.3, -0.25) is 19.8 Å². The molecule has 1 unspecified atom stereocenters. The first kappa shape index (κ1) is 24.1. The van der Waals surface area contributed by atoms with Crippen LogP contribution >= 0.6 is 0 Å². The van der Waals surface area contributed by atoms with Crippen LogP contribution in [0.3, 0.4) is 0 Å². The van der Waals surface area contributed by atoms with Crippen molar-refractivity contribution in [3.8, 4) is 11.8 Å². The fourth-order valence-corrected chi connectivity index (χ4v) is 4.00. The third kappa shape index (κ3) is 5.38. The van der Waals surface area contributed by atoms with E-state index >= 15 is 0 Å². The molecule has 0 bridgehead atoms. The van der Waals surface area contributed by atoms with Gasteiger partial charge in [-0.15, -0.1) is 0 Å². The number of hydrogen-bond acceptors (Lipinski definition) is 8. The zero-order valence-corrected chi connectivity index (χ0v) is 19.6. The van der Waals surface area contributed by atoms with Crippen LogP contribution in [-0.2, 0) is 22.5 Å². The second-order valence-electron chi connectivity index (χ2n) is 8.47. The van der Waals surface area contributed by atoms with Crippen LogP contribution in [0.5, 0.6) is 5.75 Å². The molecule has 0 aliphatic carbocycles. The van der Waals surface area contributed by atoms with Crippen LogP contribution in [0.1, 0.15) is 46.9 Å². The van der Waals surface area contributed by atoms with Gasteiger partial charge >= 0.3 is 6.03 Å². The highest BCUT2D eigenvalue weighted by molar-refractivity contribution is 6.01. The summed E-state index contributed by atoms with van der Waals surface area (Å²) in [6, 6.07) is 4.94. The fourth-order valence-electron chi connectivity index (χ4n) is 4.00. The minimum absolute atomic E-state index is 0.126. The van der Waals surface area contributed by atoms with Crippen molar-refractivity contribution in [1.29, 1.82) is 5.26 Å². The minimum atomic E-state index is -0.462. The van der Waals surface area contributed by atoms with Gasteiger partial charge in [-0.05, 0) is 24.5 Å². The molecule has 2 aliphatic rings. The number of amides is 3. The lowest BCUT2D eigenvalue weighted by atomic mass is 10.0. The Hall–Kier alpha value is -4.04. The Morgan fingerprint density at radius 2 is 2.26 bits per heavy atom. The molecule has 2 aromatic rings. The highest BCUT2D eigenvalue weighted by atomic mass is 16.5. The lowest BCUT2D eigenvalue weighted by molar-refractivity contribution is -0.128. The quantitative estimate of drug-likeness (QED) is 0.624. The van der Waals surface area contributed by atoms with E-state index in [9.17, 15) is 19.6 Å². The summed E-state index contributed by atoms with van der Waals surface area (Å²) in [5, 5.41) is 12.1. The van der Waals surface area contributed by atoms with Crippen LogP contribution in [0.4, 0.5) is 16.4 Å². The molecular formula is C24H26N6O5. The van der Waals surface area contributed by atoms with E-state index in [2.05, 4.69) is 15.3 Å². The Bertz CT molecular complexity index is 1190. The average Bonchev–Trinajstić information content (AvgIpc) is 3.36. The van der Waals surface area contributed by atoms with Gasteiger partial charge in [0.15, 0.2) is 6.29 Å². The van der Waals surface area contributed by atoms with Crippen molar-refractivity contribution in [3.05, 3.63) is 40.7 Å². The zero-order chi connectivity index (χ0) is 24.9. The monoisotopic (exact) mass is 478 g/mol. The van der Waals surface area contributed by atoms with Crippen LogP contribution in [-0.4, -0.2) is 66.0 Å². The number of nitriles is 1. The van der Waals surface area contributed by atoms with Gasteiger partial charge in [-0.2, -0.15) is 5.26 Å². The van der Waals surface area contributed by atoms with E-state index in [4.69, 9.17) is 9.47 Å². The zero-order valence-electron chi connectivity index (χ0n) is 19.6. The summed E-state index contributed by atoms with van der Waals surface area (Å²) in [5.41, 5.74) is 1.90. The molecule has 3 amide bonds. The second kappa shape index (κ2) is 10.5. The first-order valence-corrected chi connectivity index (χ1v) is 11.3. The number of aldehydes is 1. The molecule has 4 rings (SSSR count). The number of urea groups is 1. The van der Waals surface area contributed by atoms with E-state index in [0.29, 0.717) is 62.4 Å². The number of aryl methyl sites for hydroxylation is 1. The van der Waals surface area contributed by atoms with Gasteiger partial charge in [-0.1, -0.05) is 0 Å². The smallest absolute Gasteiger partial charge is 0.328 e. The molecule has 0 spiro atoms. The van der Waals surface area contributed by atoms with Crippen molar-refractivity contribution in [2.24, 2.45) is 0 Å². The van der Waals surface area contributed by atoms with Crippen molar-refractivity contribution >= 4 is 29.9 Å². The number of rotatable bonds is 6. The van der Waals surface area contributed by atoms with E-state index in [1.165, 1.54) is 29.0 Å². The first-order chi connectivity index (χ1) is 16.9. The Morgan fingerprint density at radius 3 is 2.94 bits per heavy atom. The molecule has 0 aromatic carbocycles. The molecule has 0 radical (unpaired) electrons. The number of anilines is 2. The van der Waals surface area contributed by atoms with Gasteiger partial charge in [0.2, 0.25) is 5.91 Å². The summed E-state index contributed by atoms with van der Waals surface area (Å²) >= 11 is 0. The number of ether oxygens (including phenoxy) is 2. The standard InChI is InChI=1S/C24H26N6O5/c1-15(32)29(2)12-17-8-16-4-3-6-30(23(16)27-20(17)13-31)24(33)28-22-9-21(18(10-25)11-26-22)35-19-5-7-34-14-19/h8-9,11,13,19H,3-7,12,14H2,1-2H3,(H,26,28,33). The number of pyridine rings is 2. The highest BCUT2D eigenvalue weighted by Crippen LogP contribution is 2.29. The van der Waals surface area contributed by atoms with Gasteiger partial charge < -0.3 is 14.4 Å². The minimum Gasteiger partial charge on any atom is -0.486 e. The number of carbonyl (C=O) groups is 3. The van der Waals surface area contributed by atoms with Gasteiger partial charge in [0.05, 0.1) is 19.4 Å². The Labute approximate surface area is 202 Å². The summed E-state index contributed by atoms with van der Waals surface area (Å²) in [4.78, 5) is 48.1. The summed E-state index contributed by atoms with van der Waals surface area (Å²) in [7, 11) is 1.65. The summed E-state index contributed by atoms with van der Waals surface area (Å²) in [6.07, 6.45) is 3.94. The van der Waals surface area contributed by atoms with Crippen LogP contribution in [0.25, 0.3) is 0 Å². The number of hydrogen-bond donors (Lipinski definition) is 1. The SMILES string of the molecule is CC(=O)N(C)Cc1cc2c(nc1C=O)N(C(=O)Nc1cc(OC3CCOC3)c(C#N)cn1)CCC2. The van der Waals surface area contributed by atoms with E-state index in [1.807, 2.05) is 12.1 Å². The third-order valence-electron chi connectivity index (χ3n) is 5.98. The molecule has 2 aromatic heterocycles. The number of fused-ring (bicyclic) bond motifs is 1. The molecule has 1 fully saturated rings. The molecule has 11 heteroatoms. The fraction of sp³-hybridized carbons (Fsp3) is 0.417. The normalized spacial score (nSPS) is 16.7. The Morgan fingerprint density at radius 1 is 1.43 bits per heavy atom. The highest BCUT2D eigenvalue weighted by Gasteiger charge is 2.27. The lowest BCUT2D eigenvalue weighted by Gasteiger charge is -2.29. The van der Waals surface area contributed by atoms with Crippen LogP contribution in [0, 0.1) is 11.3 Å². The molecule has 2 aliphatic heterocycles. The van der Waals surface area contributed by atoms with Crippen LogP contribution in [0.2, 0.25) is 0 Å². The van der Waals surface area contributed by atoms with Gasteiger partial charge in [0.1, 0.15) is 40.8 Å². The molecule has 1 atom stereocenters. The Kier molecular flexibility index (Phi) is 7.22. The largest absolute Gasteiger partial charge is 0.486 e. The maximum atomic E-state index is 13.2. The molecular weight excluding hydrogens is 452 g/mol.